The largest absolute Gasteiger partial charge is 0.384 e. The molecule has 0 aliphatic heterocycles. The molecule has 1 rings (SSSR count). The summed E-state index contributed by atoms with van der Waals surface area (Å²) in [6.07, 6.45) is 2.64. The van der Waals surface area contributed by atoms with Crippen molar-refractivity contribution >= 4 is 15.9 Å². The number of aromatic nitrogens is 2. The zero-order chi connectivity index (χ0) is 13.1. The molecule has 1 N–H and O–H groups in total. The SMILES string of the molecule is CCC(C)C(C)(O)c1c(Br)cnn1CCOC. The first-order chi connectivity index (χ1) is 7.95. The lowest BCUT2D eigenvalue weighted by atomic mass is 9.86. The summed E-state index contributed by atoms with van der Waals surface area (Å²) in [6, 6.07) is 0. The number of hydrogen-bond donors (Lipinski definition) is 1. The fourth-order valence-corrected chi connectivity index (χ4v) is 2.54. The van der Waals surface area contributed by atoms with Crippen LogP contribution in [0.15, 0.2) is 10.7 Å². The topological polar surface area (TPSA) is 47.3 Å². The van der Waals surface area contributed by atoms with Crippen LogP contribution in [0.5, 0.6) is 0 Å². The molecule has 0 saturated carbocycles. The second-order valence-corrected chi connectivity index (χ2v) is 5.37. The van der Waals surface area contributed by atoms with E-state index in [-0.39, 0.29) is 5.92 Å². The molecular weight excluding hydrogens is 284 g/mol. The minimum Gasteiger partial charge on any atom is -0.384 e. The van der Waals surface area contributed by atoms with Crippen molar-refractivity contribution in [1.29, 1.82) is 0 Å². The van der Waals surface area contributed by atoms with Crippen LogP contribution in [0.4, 0.5) is 0 Å². The highest BCUT2D eigenvalue weighted by molar-refractivity contribution is 9.10. The smallest absolute Gasteiger partial charge is 0.107 e. The van der Waals surface area contributed by atoms with Gasteiger partial charge in [-0.15, -0.1) is 0 Å². The van der Waals surface area contributed by atoms with Crippen LogP contribution in [0, 0.1) is 5.92 Å². The van der Waals surface area contributed by atoms with Crippen LogP contribution in [0.1, 0.15) is 32.9 Å². The summed E-state index contributed by atoms with van der Waals surface area (Å²) in [6.45, 7) is 7.18. The highest BCUT2D eigenvalue weighted by atomic mass is 79.9. The van der Waals surface area contributed by atoms with Crippen molar-refractivity contribution < 1.29 is 9.84 Å². The van der Waals surface area contributed by atoms with Crippen molar-refractivity contribution in [1.82, 2.24) is 9.78 Å². The minimum atomic E-state index is -0.891. The summed E-state index contributed by atoms with van der Waals surface area (Å²) in [5.41, 5.74) is -0.0680. The van der Waals surface area contributed by atoms with Gasteiger partial charge in [0.1, 0.15) is 5.60 Å². The molecule has 0 bridgehead atoms. The molecule has 0 radical (unpaired) electrons. The van der Waals surface area contributed by atoms with E-state index in [4.69, 9.17) is 4.74 Å². The summed E-state index contributed by atoms with van der Waals surface area (Å²) in [5, 5.41) is 14.9. The second kappa shape index (κ2) is 5.98. The number of methoxy groups -OCH3 is 1. The Kier molecular flexibility index (Phi) is 5.16. The van der Waals surface area contributed by atoms with E-state index >= 15 is 0 Å². The Labute approximate surface area is 111 Å². The van der Waals surface area contributed by atoms with Crippen LogP contribution < -0.4 is 0 Å². The first-order valence-corrected chi connectivity index (χ1v) is 6.67. The summed E-state index contributed by atoms with van der Waals surface area (Å²) in [7, 11) is 1.66. The molecule has 0 spiro atoms. The predicted octanol–water partition coefficient (Wildman–Crippen LogP) is 2.55. The summed E-state index contributed by atoms with van der Waals surface area (Å²) >= 11 is 3.46. The molecule has 1 heterocycles. The molecule has 2 atom stereocenters. The summed E-state index contributed by atoms with van der Waals surface area (Å²) in [4.78, 5) is 0. The van der Waals surface area contributed by atoms with Gasteiger partial charge in [0.25, 0.3) is 0 Å². The van der Waals surface area contributed by atoms with Gasteiger partial charge < -0.3 is 9.84 Å². The first-order valence-electron chi connectivity index (χ1n) is 5.88. The quantitative estimate of drug-likeness (QED) is 0.878. The third-order valence-electron chi connectivity index (χ3n) is 3.35. The Morgan fingerprint density at radius 3 is 2.82 bits per heavy atom. The van der Waals surface area contributed by atoms with E-state index in [1.807, 2.05) is 13.8 Å². The molecular formula is C12H21BrN2O2. The van der Waals surface area contributed by atoms with Gasteiger partial charge in [0.05, 0.1) is 29.5 Å². The Bertz CT molecular complexity index is 363. The van der Waals surface area contributed by atoms with E-state index in [0.717, 1.165) is 16.6 Å². The van der Waals surface area contributed by atoms with Crippen molar-refractivity contribution in [2.45, 2.75) is 39.3 Å². The second-order valence-electron chi connectivity index (χ2n) is 4.51. The monoisotopic (exact) mass is 304 g/mol. The Hall–Kier alpha value is -0.390. The fraction of sp³-hybridized carbons (Fsp3) is 0.750. The average Bonchev–Trinajstić information content (AvgIpc) is 2.67. The molecule has 1 aromatic heterocycles. The van der Waals surface area contributed by atoms with Crippen LogP contribution in [0.25, 0.3) is 0 Å². The van der Waals surface area contributed by atoms with E-state index in [2.05, 4.69) is 28.0 Å². The molecule has 1 aromatic rings. The lowest BCUT2D eigenvalue weighted by Crippen LogP contribution is -2.33. The molecule has 2 unspecified atom stereocenters. The maximum atomic E-state index is 10.7. The van der Waals surface area contributed by atoms with Crippen LogP contribution in [0.3, 0.4) is 0 Å². The van der Waals surface area contributed by atoms with Gasteiger partial charge in [-0.1, -0.05) is 20.3 Å². The van der Waals surface area contributed by atoms with Crippen molar-refractivity contribution in [2.24, 2.45) is 5.92 Å². The van der Waals surface area contributed by atoms with E-state index < -0.39 is 5.60 Å². The molecule has 0 aromatic carbocycles. The van der Waals surface area contributed by atoms with E-state index in [1.54, 1.807) is 18.0 Å². The molecule has 5 heteroatoms. The lowest BCUT2D eigenvalue weighted by molar-refractivity contribution is -0.00982. The molecule has 0 fully saturated rings. The molecule has 98 valence electrons. The average molecular weight is 305 g/mol. The van der Waals surface area contributed by atoms with Gasteiger partial charge in [0.2, 0.25) is 0 Å². The van der Waals surface area contributed by atoms with Gasteiger partial charge in [-0.25, -0.2) is 0 Å². The molecule has 0 amide bonds. The zero-order valence-electron chi connectivity index (χ0n) is 10.9. The van der Waals surface area contributed by atoms with Gasteiger partial charge in [0, 0.05) is 7.11 Å². The molecule has 17 heavy (non-hydrogen) atoms. The number of nitrogens with zero attached hydrogens (tertiary/aromatic N) is 2. The molecule has 4 nitrogen and oxygen atoms in total. The van der Waals surface area contributed by atoms with Crippen molar-refractivity contribution in [3.8, 4) is 0 Å². The predicted molar refractivity (Wildman–Crippen MR) is 70.8 cm³/mol. The van der Waals surface area contributed by atoms with Crippen LogP contribution in [-0.2, 0) is 16.9 Å². The highest BCUT2D eigenvalue weighted by Gasteiger charge is 2.34. The Morgan fingerprint density at radius 2 is 2.29 bits per heavy atom. The molecule has 0 aliphatic carbocycles. The maximum absolute atomic E-state index is 10.7. The van der Waals surface area contributed by atoms with Gasteiger partial charge >= 0.3 is 0 Å². The van der Waals surface area contributed by atoms with Gasteiger partial charge in [0.15, 0.2) is 0 Å². The number of aliphatic hydroxyl groups is 1. The van der Waals surface area contributed by atoms with Crippen LogP contribution in [-0.4, -0.2) is 28.6 Å². The highest BCUT2D eigenvalue weighted by Crippen LogP contribution is 2.35. The van der Waals surface area contributed by atoms with Crippen LogP contribution >= 0.6 is 15.9 Å². The summed E-state index contributed by atoms with van der Waals surface area (Å²) < 4.78 is 7.70. The Balaban J connectivity index is 3.06. The van der Waals surface area contributed by atoms with Gasteiger partial charge in [-0.3, -0.25) is 4.68 Å². The first kappa shape index (κ1) is 14.7. The Morgan fingerprint density at radius 1 is 1.65 bits per heavy atom. The van der Waals surface area contributed by atoms with Crippen molar-refractivity contribution in [3.63, 3.8) is 0 Å². The number of ether oxygens (including phenoxy) is 1. The fourth-order valence-electron chi connectivity index (χ4n) is 1.84. The minimum absolute atomic E-state index is 0.164. The third-order valence-corrected chi connectivity index (χ3v) is 3.93. The van der Waals surface area contributed by atoms with E-state index in [9.17, 15) is 5.11 Å². The van der Waals surface area contributed by atoms with Crippen molar-refractivity contribution in [2.75, 3.05) is 13.7 Å². The number of halogens is 1. The number of hydrogen-bond acceptors (Lipinski definition) is 3. The lowest BCUT2D eigenvalue weighted by Gasteiger charge is -2.30. The third kappa shape index (κ3) is 3.09. The van der Waals surface area contributed by atoms with E-state index in [1.165, 1.54) is 0 Å². The van der Waals surface area contributed by atoms with E-state index in [0.29, 0.717) is 13.2 Å². The number of rotatable bonds is 6. The van der Waals surface area contributed by atoms with Crippen LogP contribution in [0.2, 0.25) is 0 Å². The molecule has 0 aliphatic rings. The van der Waals surface area contributed by atoms with Gasteiger partial charge in [-0.05, 0) is 28.8 Å². The maximum Gasteiger partial charge on any atom is 0.107 e. The summed E-state index contributed by atoms with van der Waals surface area (Å²) in [5.74, 6) is 0.164. The zero-order valence-corrected chi connectivity index (χ0v) is 12.5. The standard InChI is InChI=1S/C12H21BrN2O2/c1-5-9(2)12(3,16)11-10(13)8-14-15(11)6-7-17-4/h8-9,16H,5-7H2,1-4H3. The van der Waals surface area contributed by atoms with Gasteiger partial charge in [-0.2, -0.15) is 5.10 Å². The molecule has 0 saturated heterocycles. The van der Waals surface area contributed by atoms with Crippen molar-refractivity contribution in [3.05, 3.63) is 16.4 Å². The normalized spacial score (nSPS) is 16.8.